The SMILES string of the molecule is Nc1ccccc1C(C(=O)O)S(=O)(=O)O. The molecule has 1 aromatic carbocycles. The van der Waals surface area contributed by atoms with Gasteiger partial charge in [0.2, 0.25) is 5.25 Å². The highest BCUT2D eigenvalue weighted by atomic mass is 32.2. The Morgan fingerprint density at radius 1 is 1.33 bits per heavy atom. The molecule has 0 saturated heterocycles. The molecule has 0 bridgehead atoms. The Kier molecular flexibility index (Phi) is 2.96. The smallest absolute Gasteiger partial charge is 0.329 e. The van der Waals surface area contributed by atoms with Crippen LogP contribution < -0.4 is 5.73 Å². The van der Waals surface area contributed by atoms with Gasteiger partial charge in [0.25, 0.3) is 10.1 Å². The summed E-state index contributed by atoms with van der Waals surface area (Å²) in [6.07, 6.45) is 0. The van der Waals surface area contributed by atoms with Crippen molar-refractivity contribution in [2.45, 2.75) is 5.25 Å². The number of nitrogens with two attached hydrogens (primary N) is 1. The van der Waals surface area contributed by atoms with E-state index in [0.717, 1.165) is 0 Å². The molecule has 0 heterocycles. The van der Waals surface area contributed by atoms with Crippen molar-refractivity contribution in [2.24, 2.45) is 0 Å². The molecule has 0 aromatic heterocycles. The van der Waals surface area contributed by atoms with Crippen LogP contribution in [0.25, 0.3) is 0 Å². The summed E-state index contributed by atoms with van der Waals surface area (Å²) in [5.41, 5.74) is 5.27. The zero-order valence-corrected chi connectivity index (χ0v) is 8.31. The highest BCUT2D eigenvalue weighted by Crippen LogP contribution is 2.26. The van der Waals surface area contributed by atoms with Crippen molar-refractivity contribution in [3.63, 3.8) is 0 Å². The third-order valence-corrected chi connectivity index (χ3v) is 2.85. The predicted molar refractivity (Wildman–Crippen MR) is 52.8 cm³/mol. The van der Waals surface area contributed by atoms with E-state index >= 15 is 0 Å². The van der Waals surface area contributed by atoms with Crippen LogP contribution in [0.15, 0.2) is 24.3 Å². The van der Waals surface area contributed by atoms with Crippen molar-refractivity contribution in [1.29, 1.82) is 0 Å². The average molecular weight is 231 g/mol. The maximum absolute atomic E-state index is 10.8. The van der Waals surface area contributed by atoms with Gasteiger partial charge in [0, 0.05) is 11.3 Å². The number of carboxylic acid groups (broad SMARTS) is 1. The van der Waals surface area contributed by atoms with Gasteiger partial charge in [0.05, 0.1) is 0 Å². The molecule has 0 aliphatic heterocycles. The molecule has 7 heteroatoms. The summed E-state index contributed by atoms with van der Waals surface area (Å²) in [5, 5.41) is 6.65. The minimum absolute atomic E-state index is 0.00234. The maximum Gasteiger partial charge on any atom is 0.329 e. The Morgan fingerprint density at radius 3 is 2.27 bits per heavy atom. The number of benzene rings is 1. The zero-order chi connectivity index (χ0) is 11.6. The Balaban J connectivity index is 3.36. The average Bonchev–Trinajstić information content (AvgIpc) is 2.05. The van der Waals surface area contributed by atoms with Gasteiger partial charge in [-0.2, -0.15) is 8.42 Å². The summed E-state index contributed by atoms with van der Waals surface area (Å²) in [4.78, 5) is 10.7. The molecule has 0 saturated carbocycles. The molecule has 4 N–H and O–H groups in total. The first-order valence-corrected chi connectivity index (χ1v) is 5.38. The predicted octanol–water partition coefficient (Wildman–Crippen LogP) is 0.282. The standard InChI is InChI=1S/C8H9NO5S/c9-6-4-2-1-3-5(6)7(8(10)11)15(12,13)14/h1-4,7H,9H2,(H,10,11)(H,12,13,14). The fourth-order valence-electron chi connectivity index (χ4n) is 1.17. The van der Waals surface area contributed by atoms with Crippen LogP contribution in [0, 0.1) is 0 Å². The molecule has 1 rings (SSSR count). The number of anilines is 1. The summed E-state index contributed by atoms with van der Waals surface area (Å²) in [6, 6.07) is 5.56. The largest absolute Gasteiger partial charge is 0.480 e. The molecule has 15 heavy (non-hydrogen) atoms. The summed E-state index contributed by atoms with van der Waals surface area (Å²) >= 11 is 0. The van der Waals surface area contributed by atoms with Crippen molar-refractivity contribution >= 4 is 21.8 Å². The van der Waals surface area contributed by atoms with E-state index in [4.69, 9.17) is 15.4 Å². The molecule has 1 atom stereocenters. The van der Waals surface area contributed by atoms with E-state index in [9.17, 15) is 13.2 Å². The minimum atomic E-state index is -4.72. The monoisotopic (exact) mass is 231 g/mol. The number of hydrogen-bond donors (Lipinski definition) is 3. The molecule has 0 aliphatic rings. The minimum Gasteiger partial charge on any atom is -0.480 e. The van der Waals surface area contributed by atoms with E-state index in [1.54, 1.807) is 0 Å². The second-order valence-electron chi connectivity index (χ2n) is 2.86. The third-order valence-electron chi connectivity index (χ3n) is 1.80. The molecular weight excluding hydrogens is 222 g/mol. The molecule has 0 amide bonds. The Labute approximate surface area is 86.1 Å². The van der Waals surface area contributed by atoms with Crippen LogP contribution in [0.5, 0.6) is 0 Å². The summed E-state index contributed by atoms with van der Waals surface area (Å²) in [5.74, 6) is -1.67. The van der Waals surface area contributed by atoms with Crippen LogP contribution in [0.4, 0.5) is 5.69 Å². The molecule has 0 fully saturated rings. The normalized spacial score (nSPS) is 13.4. The highest BCUT2D eigenvalue weighted by Gasteiger charge is 2.33. The van der Waals surface area contributed by atoms with Crippen LogP contribution in [-0.2, 0) is 14.9 Å². The number of carbonyl (C=O) groups is 1. The second-order valence-corrected chi connectivity index (χ2v) is 4.36. The number of nitrogen functional groups attached to an aromatic ring is 1. The van der Waals surface area contributed by atoms with Crippen LogP contribution in [0.1, 0.15) is 10.8 Å². The molecule has 1 aromatic rings. The molecule has 0 radical (unpaired) electrons. The lowest BCUT2D eigenvalue weighted by Gasteiger charge is -2.11. The van der Waals surface area contributed by atoms with Crippen molar-refractivity contribution in [3.8, 4) is 0 Å². The Bertz CT molecular complexity index is 482. The lowest BCUT2D eigenvalue weighted by atomic mass is 10.1. The molecule has 82 valence electrons. The molecule has 0 aliphatic carbocycles. The zero-order valence-electron chi connectivity index (χ0n) is 7.49. The highest BCUT2D eigenvalue weighted by molar-refractivity contribution is 7.86. The second kappa shape index (κ2) is 3.87. The number of hydrogen-bond acceptors (Lipinski definition) is 4. The molecule has 1 unspecified atom stereocenters. The summed E-state index contributed by atoms with van der Waals surface area (Å²) in [6.45, 7) is 0. The van der Waals surface area contributed by atoms with E-state index in [1.807, 2.05) is 0 Å². The van der Waals surface area contributed by atoms with E-state index in [1.165, 1.54) is 24.3 Å². The number of rotatable bonds is 3. The van der Waals surface area contributed by atoms with Crippen LogP contribution in [0.3, 0.4) is 0 Å². The molecule has 0 spiro atoms. The van der Waals surface area contributed by atoms with Gasteiger partial charge in [-0.3, -0.25) is 9.35 Å². The van der Waals surface area contributed by atoms with E-state index in [-0.39, 0.29) is 11.3 Å². The number of aliphatic carboxylic acids is 1. The van der Waals surface area contributed by atoms with Crippen molar-refractivity contribution < 1.29 is 22.9 Å². The summed E-state index contributed by atoms with van der Waals surface area (Å²) in [7, 11) is -4.72. The van der Waals surface area contributed by atoms with Gasteiger partial charge in [-0.05, 0) is 6.07 Å². The quantitative estimate of drug-likeness (QED) is 0.508. The van der Waals surface area contributed by atoms with Gasteiger partial charge in [0.1, 0.15) is 0 Å². The number of para-hydroxylation sites is 1. The van der Waals surface area contributed by atoms with Crippen molar-refractivity contribution in [3.05, 3.63) is 29.8 Å². The van der Waals surface area contributed by atoms with E-state index in [0.29, 0.717) is 0 Å². The molecular formula is C8H9NO5S. The topological polar surface area (TPSA) is 118 Å². The first kappa shape index (κ1) is 11.5. The fourth-order valence-corrected chi connectivity index (χ4v) is 1.96. The van der Waals surface area contributed by atoms with Gasteiger partial charge in [0.15, 0.2) is 0 Å². The van der Waals surface area contributed by atoms with E-state index in [2.05, 4.69) is 0 Å². The van der Waals surface area contributed by atoms with Crippen LogP contribution in [0.2, 0.25) is 0 Å². The van der Waals surface area contributed by atoms with Gasteiger partial charge < -0.3 is 10.8 Å². The van der Waals surface area contributed by atoms with Crippen LogP contribution >= 0.6 is 0 Å². The van der Waals surface area contributed by atoms with Gasteiger partial charge >= 0.3 is 5.97 Å². The lowest BCUT2D eigenvalue weighted by Crippen LogP contribution is -2.22. The first-order chi connectivity index (χ1) is 6.84. The first-order valence-electron chi connectivity index (χ1n) is 3.87. The van der Waals surface area contributed by atoms with Crippen LogP contribution in [-0.4, -0.2) is 24.0 Å². The van der Waals surface area contributed by atoms with Crippen molar-refractivity contribution in [2.75, 3.05) is 5.73 Å². The fraction of sp³-hybridized carbons (Fsp3) is 0.125. The molecule has 6 nitrogen and oxygen atoms in total. The maximum atomic E-state index is 10.8. The summed E-state index contributed by atoms with van der Waals surface area (Å²) < 4.78 is 30.5. The van der Waals surface area contributed by atoms with Gasteiger partial charge in [-0.15, -0.1) is 0 Å². The number of carboxylic acids is 1. The van der Waals surface area contributed by atoms with Gasteiger partial charge in [-0.25, -0.2) is 0 Å². The lowest BCUT2D eigenvalue weighted by molar-refractivity contribution is -0.136. The van der Waals surface area contributed by atoms with Gasteiger partial charge in [-0.1, -0.05) is 18.2 Å². The third kappa shape index (κ3) is 2.45. The van der Waals surface area contributed by atoms with E-state index < -0.39 is 21.3 Å². The van der Waals surface area contributed by atoms with Crippen molar-refractivity contribution in [1.82, 2.24) is 0 Å². The Hall–Kier alpha value is -1.60. The Morgan fingerprint density at radius 2 is 1.87 bits per heavy atom.